The van der Waals surface area contributed by atoms with Crippen LogP contribution >= 0.6 is 0 Å². The molecule has 3 rings (SSSR count). The number of aromatic nitrogens is 2. The lowest BCUT2D eigenvalue weighted by Gasteiger charge is -2.14. The van der Waals surface area contributed by atoms with Crippen molar-refractivity contribution < 1.29 is 9.53 Å². The summed E-state index contributed by atoms with van der Waals surface area (Å²) in [7, 11) is 5.08. The highest BCUT2D eigenvalue weighted by molar-refractivity contribution is 5.95. The standard InChI is InChI=1S/C18H20N4O2/c1-22(2)18(23)12-8-9-17(24-3)15(10-12)19-11-16-13-6-4-5-7-14(13)20-21-16/h4-10,19H,11H2,1-3H3,(H,20,21). The average Bonchev–Trinajstić information content (AvgIpc) is 3.02. The maximum absolute atomic E-state index is 12.1. The Balaban J connectivity index is 1.85. The molecule has 0 spiro atoms. The number of rotatable bonds is 5. The van der Waals surface area contributed by atoms with Crippen LogP contribution in [0.1, 0.15) is 16.1 Å². The molecule has 0 atom stereocenters. The van der Waals surface area contributed by atoms with E-state index in [0.717, 1.165) is 22.3 Å². The Labute approximate surface area is 140 Å². The summed E-state index contributed by atoms with van der Waals surface area (Å²) in [6.07, 6.45) is 0. The number of fused-ring (bicyclic) bond motifs is 1. The molecule has 6 nitrogen and oxygen atoms in total. The van der Waals surface area contributed by atoms with Crippen molar-refractivity contribution in [2.24, 2.45) is 0 Å². The van der Waals surface area contributed by atoms with Gasteiger partial charge in [0.05, 0.1) is 30.6 Å². The van der Waals surface area contributed by atoms with Crippen LogP contribution in [0.5, 0.6) is 5.75 Å². The number of methoxy groups -OCH3 is 1. The van der Waals surface area contributed by atoms with Gasteiger partial charge in [-0.25, -0.2) is 0 Å². The summed E-state index contributed by atoms with van der Waals surface area (Å²) in [5.41, 5.74) is 3.29. The number of hydrogen-bond acceptors (Lipinski definition) is 4. The first-order valence-corrected chi connectivity index (χ1v) is 7.65. The lowest BCUT2D eigenvalue weighted by atomic mass is 10.1. The largest absolute Gasteiger partial charge is 0.495 e. The number of carbonyl (C=O) groups is 1. The van der Waals surface area contributed by atoms with Crippen molar-refractivity contribution in [3.63, 3.8) is 0 Å². The van der Waals surface area contributed by atoms with Gasteiger partial charge in [0.2, 0.25) is 0 Å². The summed E-state index contributed by atoms with van der Waals surface area (Å²) in [4.78, 5) is 13.7. The molecule has 1 heterocycles. The van der Waals surface area contributed by atoms with Gasteiger partial charge in [0.15, 0.2) is 0 Å². The number of nitrogens with one attached hydrogen (secondary N) is 2. The first kappa shape index (κ1) is 15.9. The molecule has 2 aromatic carbocycles. The summed E-state index contributed by atoms with van der Waals surface area (Å²) in [5, 5.41) is 11.7. The van der Waals surface area contributed by atoms with E-state index in [1.165, 1.54) is 0 Å². The van der Waals surface area contributed by atoms with E-state index in [2.05, 4.69) is 15.5 Å². The van der Waals surface area contributed by atoms with E-state index in [9.17, 15) is 4.79 Å². The highest BCUT2D eigenvalue weighted by Gasteiger charge is 2.12. The van der Waals surface area contributed by atoms with Crippen molar-refractivity contribution in [2.45, 2.75) is 6.54 Å². The molecule has 124 valence electrons. The molecule has 0 unspecified atom stereocenters. The van der Waals surface area contributed by atoms with Crippen LogP contribution in [0.4, 0.5) is 5.69 Å². The third kappa shape index (κ3) is 3.03. The summed E-state index contributed by atoms with van der Waals surface area (Å²) in [5.74, 6) is 0.641. The summed E-state index contributed by atoms with van der Waals surface area (Å²) in [6, 6.07) is 13.3. The van der Waals surface area contributed by atoms with E-state index in [4.69, 9.17) is 4.74 Å². The smallest absolute Gasteiger partial charge is 0.253 e. The molecule has 0 radical (unpaired) electrons. The second-order valence-electron chi connectivity index (χ2n) is 5.69. The van der Waals surface area contributed by atoms with Gasteiger partial charge in [-0.3, -0.25) is 9.89 Å². The van der Waals surface area contributed by atoms with Crippen molar-refractivity contribution in [1.29, 1.82) is 0 Å². The maximum atomic E-state index is 12.1. The zero-order valence-electron chi connectivity index (χ0n) is 14.0. The second kappa shape index (κ2) is 6.62. The van der Waals surface area contributed by atoms with Crippen LogP contribution in [0.3, 0.4) is 0 Å². The minimum atomic E-state index is -0.0484. The third-order valence-corrected chi connectivity index (χ3v) is 3.85. The zero-order chi connectivity index (χ0) is 17.1. The number of anilines is 1. The van der Waals surface area contributed by atoms with E-state index < -0.39 is 0 Å². The summed E-state index contributed by atoms with van der Waals surface area (Å²) < 4.78 is 5.38. The van der Waals surface area contributed by atoms with Crippen LogP contribution in [0, 0.1) is 0 Å². The Morgan fingerprint density at radius 1 is 1.25 bits per heavy atom. The number of amides is 1. The Hall–Kier alpha value is -3.02. The minimum absolute atomic E-state index is 0.0484. The fourth-order valence-electron chi connectivity index (χ4n) is 2.57. The second-order valence-corrected chi connectivity index (χ2v) is 5.69. The van der Waals surface area contributed by atoms with Gasteiger partial charge in [-0.05, 0) is 24.3 Å². The van der Waals surface area contributed by atoms with Gasteiger partial charge in [0.25, 0.3) is 5.91 Å². The first-order valence-electron chi connectivity index (χ1n) is 7.65. The SMILES string of the molecule is COc1ccc(C(=O)N(C)C)cc1NCc1[nH]nc2ccccc12. The maximum Gasteiger partial charge on any atom is 0.253 e. The van der Waals surface area contributed by atoms with Crippen molar-refractivity contribution in [2.75, 3.05) is 26.5 Å². The Morgan fingerprint density at radius 2 is 2.04 bits per heavy atom. The average molecular weight is 324 g/mol. The number of hydrogen-bond donors (Lipinski definition) is 2. The predicted molar refractivity (Wildman–Crippen MR) is 94.4 cm³/mol. The summed E-state index contributed by atoms with van der Waals surface area (Å²) in [6.45, 7) is 0.552. The molecule has 0 bridgehead atoms. The number of carbonyl (C=O) groups excluding carboxylic acids is 1. The van der Waals surface area contributed by atoms with Gasteiger partial charge in [-0.2, -0.15) is 5.10 Å². The van der Waals surface area contributed by atoms with Crippen LogP contribution in [0.25, 0.3) is 10.9 Å². The quantitative estimate of drug-likeness (QED) is 0.757. The molecule has 2 N–H and O–H groups in total. The Morgan fingerprint density at radius 3 is 2.79 bits per heavy atom. The van der Waals surface area contributed by atoms with Gasteiger partial charge < -0.3 is 15.0 Å². The molecule has 3 aromatic rings. The van der Waals surface area contributed by atoms with E-state index in [1.54, 1.807) is 44.3 Å². The third-order valence-electron chi connectivity index (χ3n) is 3.85. The van der Waals surface area contributed by atoms with Crippen LogP contribution in [-0.4, -0.2) is 42.2 Å². The molecular formula is C18H20N4O2. The Bertz CT molecular complexity index is 870. The van der Waals surface area contributed by atoms with Crippen LogP contribution in [0.2, 0.25) is 0 Å². The molecular weight excluding hydrogens is 304 g/mol. The van der Waals surface area contributed by atoms with Crippen molar-refractivity contribution in [3.05, 3.63) is 53.7 Å². The van der Waals surface area contributed by atoms with E-state index in [-0.39, 0.29) is 5.91 Å². The number of H-pyrrole nitrogens is 1. The highest BCUT2D eigenvalue weighted by Crippen LogP contribution is 2.27. The van der Waals surface area contributed by atoms with E-state index >= 15 is 0 Å². The van der Waals surface area contributed by atoms with Crippen molar-refractivity contribution in [1.82, 2.24) is 15.1 Å². The molecule has 0 aliphatic heterocycles. The molecule has 1 amide bonds. The topological polar surface area (TPSA) is 70.2 Å². The number of aromatic amines is 1. The fraction of sp³-hybridized carbons (Fsp3) is 0.222. The van der Waals surface area contributed by atoms with Crippen molar-refractivity contribution in [3.8, 4) is 5.75 Å². The Kier molecular flexibility index (Phi) is 4.37. The number of benzene rings is 2. The van der Waals surface area contributed by atoms with Gasteiger partial charge in [-0.15, -0.1) is 0 Å². The number of ether oxygens (including phenoxy) is 1. The molecule has 6 heteroatoms. The fourth-order valence-corrected chi connectivity index (χ4v) is 2.57. The van der Waals surface area contributed by atoms with E-state index in [1.807, 2.05) is 24.3 Å². The molecule has 0 saturated carbocycles. The van der Waals surface area contributed by atoms with Gasteiger partial charge in [-0.1, -0.05) is 18.2 Å². The van der Waals surface area contributed by atoms with Gasteiger partial charge in [0.1, 0.15) is 5.75 Å². The normalized spacial score (nSPS) is 10.6. The minimum Gasteiger partial charge on any atom is -0.495 e. The lowest BCUT2D eigenvalue weighted by molar-refractivity contribution is 0.0827. The molecule has 1 aromatic heterocycles. The molecule has 0 aliphatic carbocycles. The number of para-hydroxylation sites is 1. The van der Waals surface area contributed by atoms with E-state index in [0.29, 0.717) is 17.9 Å². The summed E-state index contributed by atoms with van der Waals surface area (Å²) >= 11 is 0. The van der Waals surface area contributed by atoms with Crippen LogP contribution in [0.15, 0.2) is 42.5 Å². The van der Waals surface area contributed by atoms with Crippen LogP contribution in [-0.2, 0) is 6.54 Å². The van der Waals surface area contributed by atoms with Crippen LogP contribution < -0.4 is 10.1 Å². The number of nitrogens with zero attached hydrogens (tertiary/aromatic N) is 2. The zero-order valence-corrected chi connectivity index (χ0v) is 14.0. The monoisotopic (exact) mass is 324 g/mol. The predicted octanol–water partition coefficient (Wildman–Crippen LogP) is 2.89. The van der Waals surface area contributed by atoms with Gasteiger partial charge >= 0.3 is 0 Å². The molecule has 24 heavy (non-hydrogen) atoms. The highest BCUT2D eigenvalue weighted by atomic mass is 16.5. The van der Waals surface area contributed by atoms with Gasteiger partial charge in [0, 0.05) is 25.0 Å². The molecule has 0 aliphatic rings. The molecule has 0 fully saturated rings. The first-order chi connectivity index (χ1) is 11.6. The molecule has 0 saturated heterocycles. The van der Waals surface area contributed by atoms with Crippen molar-refractivity contribution >= 4 is 22.5 Å². The lowest BCUT2D eigenvalue weighted by Crippen LogP contribution is -2.21.